The summed E-state index contributed by atoms with van der Waals surface area (Å²) in [6.45, 7) is 9.76. The van der Waals surface area contributed by atoms with E-state index in [2.05, 4.69) is 9.97 Å². The van der Waals surface area contributed by atoms with Gasteiger partial charge in [-0.05, 0) is 32.4 Å². The van der Waals surface area contributed by atoms with Crippen molar-refractivity contribution in [1.82, 2.24) is 9.97 Å². The predicted molar refractivity (Wildman–Crippen MR) is 58.9 cm³/mol. The van der Waals surface area contributed by atoms with Crippen LogP contribution in [0.15, 0.2) is 6.20 Å². The van der Waals surface area contributed by atoms with Crippen molar-refractivity contribution in [2.75, 3.05) is 0 Å². The van der Waals surface area contributed by atoms with Crippen molar-refractivity contribution in [2.45, 2.75) is 40.7 Å². The average molecular weight is 217 g/mol. The Morgan fingerprint density at radius 2 is 1.93 bits per heavy atom. The first-order valence-corrected chi connectivity index (χ1v) is 5.13. The van der Waals surface area contributed by atoms with E-state index < -0.39 is 0 Å². The molecule has 3 nitrogen and oxygen atoms in total. The van der Waals surface area contributed by atoms with E-state index in [4.69, 9.17) is 16.3 Å². The van der Waals surface area contributed by atoms with Gasteiger partial charge in [0, 0.05) is 11.8 Å². The van der Waals surface area contributed by atoms with Crippen LogP contribution in [0.1, 0.15) is 33.3 Å². The van der Waals surface area contributed by atoms with Gasteiger partial charge in [0.25, 0.3) is 0 Å². The molecular formula is C10H17ClN2O. The average Bonchev–Trinajstić information content (AvgIpc) is 2.14. The molecular weight excluding hydrogens is 200 g/mol. The highest BCUT2D eigenvalue weighted by Gasteiger charge is 2.04. The van der Waals surface area contributed by atoms with Gasteiger partial charge in [-0.1, -0.05) is 13.8 Å². The van der Waals surface area contributed by atoms with Crippen molar-refractivity contribution in [3.63, 3.8) is 0 Å². The third kappa shape index (κ3) is 4.42. The molecule has 1 aromatic rings. The molecule has 0 aromatic carbocycles. The lowest BCUT2D eigenvalue weighted by Gasteiger charge is -2.09. The summed E-state index contributed by atoms with van der Waals surface area (Å²) < 4.78 is 5.39. The Labute approximate surface area is 90.5 Å². The van der Waals surface area contributed by atoms with Crippen molar-refractivity contribution in [2.24, 2.45) is 0 Å². The summed E-state index contributed by atoms with van der Waals surface area (Å²) in [6, 6.07) is 0. The maximum absolute atomic E-state index is 5.60. The number of ether oxygens (including phenoxy) is 1. The lowest BCUT2D eigenvalue weighted by atomic mass is 10.4. The Hall–Kier alpha value is -0.830. The Morgan fingerprint density at radius 3 is 2.43 bits per heavy atom. The molecule has 0 aliphatic heterocycles. The van der Waals surface area contributed by atoms with Gasteiger partial charge in [-0.25, -0.2) is 4.98 Å². The molecule has 0 atom stereocenters. The Balaban J connectivity index is 0.000000791. The van der Waals surface area contributed by atoms with Gasteiger partial charge >= 0.3 is 0 Å². The van der Waals surface area contributed by atoms with Crippen LogP contribution in [0, 0.1) is 6.92 Å². The molecule has 0 radical (unpaired) electrons. The van der Waals surface area contributed by atoms with Gasteiger partial charge < -0.3 is 4.74 Å². The van der Waals surface area contributed by atoms with Crippen LogP contribution in [-0.4, -0.2) is 16.1 Å². The van der Waals surface area contributed by atoms with Gasteiger partial charge in [0.15, 0.2) is 0 Å². The molecule has 14 heavy (non-hydrogen) atoms. The third-order valence-electron chi connectivity index (χ3n) is 1.24. The van der Waals surface area contributed by atoms with Crippen molar-refractivity contribution in [3.05, 3.63) is 17.0 Å². The van der Waals surface area contributed by atoms with E-state index in [9.17, 15) is 0 Å². The molecule has 1 rings (SSSR count). The molecule has 0 saturated carbocycles. The Bertz CT molecular complexity index is 277. The fourth-order valence-electron chi connectivity index (χ4n) is 0.749. The number of hydrogen-bond donors (Lipinski definition) is 0. The summed E-state index contributed by atoms with van der Waals surface area (Å²) >= 11 is 5.60. The standard InChI is InChI=1S/C8H11ClN2O.C2H6/c1-5(2)12-7-6(3)4-10-8(9)11-7;1-2/h4-5H,1-3H3;1-2H3. The maximum Gasteiger partial charge on any atom is 0.225 e. The zero-order chi connectivity index (χ0) is 11.1. The molecule has 0 fully saturated rings. The van der Waals surface area contributed by atoms with E-state index in [1.54, 1.807) is 6.20 Å². The second kappa shape index (κ2) is 6.60. The highest BCUT2D eigenvalue weighted by molar-refractivity contribution is 6.28. The zero-order valence-electron chi connectivity index (χ0n) is 9.34. The number of aromatic nitrogens is 2. The Morgan fingerprint density at radius 1 is 1.36 bits per heavy atom. The van der Waals surface area contributed by atoms with E-state index in [-0.39, 0.29) is 11.4 Å². The van der Waals surface area contributed by atoms with Crippen LogP contribution >= 0.6 is 11.6 Å². The first kappa shape index (κ1) is 13.2. The van der Waals surface area contributed by atoms with Crippen molar-refractivity contribution in [3.8, 4) is 5.88 Å². The SMILES string of the molecule is CC.Cc1cnc(Cl)nc1OC(C)C. The summed E-state index contributed by atoms with van der Waals surface area (Å²) in [5, 5.41) is 0.219. The molecule has 0 N–H and O–H groups in total. The summed E-state index contributed by atoms with van der Waals surface area (Å²) in [5.74, 6) is 0.560. The quantitative estimate of drug-likeness (QED) is 0.712. The van der Waals surface area contributed by atoms with Gasteiger partial charge in [0.2, 0.25) is 11.2 Å². The number of nitrogens with zero attached hydrogens (tertiary/aromatic N) is 2. The van der Waals surface area contributed by atoms with Gasteiger partial charge in [-0.2, -0.15) is 4.98 Å². The molecule has 0 bridgehead atoms. The molecule has 0 aliphatic carbocycles. The molecule has 0 saturated heterocycles. The van der Waals surface area contributed by atoms with Crippen LogP contribution in [0.5, 0.6) is 5.88 Å². The summed E-state index contributed by atoms with van der Waals surface area (Å²) in [6.07, 6.45) is 1.75. The number of aryl methyl sites for hydroxylation is 1. The highest BCUT2D eigenvalue weighted by Crippen LogP contribution is 2.16. The monoisotopic (exact) mass is 216 g/mol. The van der Waals surface area contributed by atoms with Gasteiger partial charge in [-0.3, -0.25) is 0 Å². The number of halogens is 1. The van der Waals surface area contributed by atoms with E-state index in [1.165, 1.54) is 0 Å². The Kier molecular flexibility index (Phi) is 6.21. The van der Waals surface area contributed by atoms with Gasteiger partial charge in [-0.15, -0.1) is 0 Å². The van der Waals surface area contributed by atoms with E-state index in [1.807, 2.05) is 34.6 Å². The fraction of sp³-hybridized carbons (Fsp3) is 0.600. The summed E-state index contributed by atoms with van der Waals surface area (Å²) in [7, 11) is 0. The minimum absolute atomic E-state index is 0.106. The van der Waals surface area contributed by atoms with Crippen LogP contribution in [0.25, 0.3) is 0 Å². The number of hydrogen-bond acceptors (Lipinski definition) is 3. The van der Waals surface area contributed by atoms with Crippen molar-refractivity contribution < 1.29 is 4.74 Å². The molecule has 80 valence electrons. The largest absolute Gasteiger partial charge is 0.475 e. The summed E-state index contributed by atoms with van der Waals surface area (Å²) in [4.78, 5) is 7.77. The van der Waals surface area contributed by atoms with E-state index >= 15 is 0 Å². The highest BCUT2D eigenvalue weighted by atomic mass is 35.5. The molecule has 0 unspecified atom stereocenters. The van der Waals surface area contributed by atoms with Gasteiger partial charge in [0.05, 0.1) is 6.10 Å². The molecule has 0 amide bonds. The second-order valence-corrected chi connectivity index (χ2v) is 3.13. The van der Waals surface area contributed by atoms with E-state index in [0.717, 1.165) is 5.56 Å². The topological polar surface area (TPSA) is 35.0 Å². The lowest BCUT2D eigenvalue weighted by Crippen LogP contribution is -2.08. The minimum atomic E-state index is 0.106. The molecule has 4 heteroatoms. The van der Waals surface area contributed by atoms with Crippen molar-refractivity contribution in [1.29, 1.82) is 0 Å². The van der Waals surface area contributed by atoms with Crippen LogP contribution in [-0.2, 0) is 0 Å². The number of rotatable bonds is 2. The van der Waals surface area contributed by atoms with Crippen LogP contribution in [0.2, 0.25) is 5.28 Å². The molecule has 1 heterocycles. The first-order chi connectivity index (χ1) is 6.59. The molecule has 1 aromatic heterocycles. The smallest absolute Gasteiger partial charge is 0.225 e. The van der Waals surface area contributed by atoms with E-state index in [0.29, 0.717) is 5.88 Å². The summed E-state index contributed by atoms with van der Waals surface area (Å²) in [5.41, 5.74) is 0.896. The van der Waals surface area contributed by atoms with Crippen LogP contribution in [0.3, 0.4) is 0 Å². The maximum atomic E-state index is 5.60. The van der Waals surface area contributed by atoms with Crippen molar-refractivity contribution >= 4 is 11.6 Å². The van der Waals surface area contributed by atoms with Crippen LogP contribution < -0.4 is 4.74 Å². The lowest BCUT2D eigenvalue weighted by molar-refractivity contribution is 0.230. The molecule has 0 aliphatic rings. The fourth-order valence-corrected chi connectivity index (χ4v) is 0.874. The first-order valence-electron chi connectivity index (χ1n) is 4.75. The zero-order valence-corrected chi connectivity index (χ0v) is 10.1. The predicted octanol–water partition coefficient (Wildman–Crippen LogP) is 3.25. The second-order valence-electron chi connectivity index (χ2n) is 2.79. The third-order valence-corrected chi connectivity index (χ3v) is 1.43. The van der Waals surface area contributed by atoms with Gasteiger partial charge in [0.1, 0.15) is 0 Å². The van der Waals surface area contributed by atoms with Crippen LogP contribution in [0.4, 0.5) is 0 Å². The normalized spacial score (nSPS) is 9.36. The molecule has 0 spiro atoms. The minimum Gasteiger partial charge on any atom is -0.475 e.